The minimum absolute atomic E-state index is 0.00260. The van der Waals surface area contributed by atoms with Gasteiger partial charge in [0.05, 0.1) is 78.5 Å². The van der Waals surface area contributed by atoms with Crippen molar-refractivity contribution < 1.29 is 96.9 Å². The first-order valence-electron chi connectivity index (χ1n) is 25.1. The van der Waals surface area contributed by atoms with Crippen LogP contribution in [0.2, 0.25) is 0 Å². The third-order valence-electron chi connectivity index (χ3n) is 10.8. The third kappa shape index (κ3) is 36.0. The van der Waals surface area contributed by atoms with E-state index in [4.69, 9.17) is 49.6 Å². The number of hydrogen-bond acceptors (Lipinski definition) is 17. The minimum Gasteiger partial charge on any atom is -0.494 e. The fraction of sp³-hybridized carbons (Fsp3) is 0.653. The number of carboxylic acid groups (broad SMARTS) is 4. The van der Waals surface area contributed by atoms with Crippen LogP contribution in [0.25, 0.3) is 10.4 Å². The lowest BCUT2D eigenvalue weighted by molar-refractivity contribution is -0.139. The molecule has 27 heteroatoms. The van der Waals surface area contributed by atoms with Crippen LogP contribution in [0.4, 0.5) is 0 Å². The molecular weight excluding hydrogens is 1010 g/mol. The number of ketones is 3. The molecule has 4 amide bonds. The summed E-state index contributed by atoms with van der Waals surface area (Å²) in [6.45, 7) is -0.131. The van der Waals surface area contributed by atoms with Crippen LogP contribution in [-0.4, -0.2) is 177 Å². The molecule has 0 spiro atoms. The van der Waals surface area contributed by atoms with Crippen LogP contribution in [0.1, 0.15) is 130 Å². The molecule has 76 heavy (non-hydrogen) atoms. The molecule has 0 fully saturated rings. The molecule has 27 nitrogen and oxygen atoms in total. The van der Waals surface area contributed by atoms with Crippen molar-refractivity contribution in [3.8, 4) is 5.75 Å². The highest BCUT2D eigenvalue weighted by molar-refractivity contribution is 6.03. The van der Waals surface area contributed by atoms with E-state index in [0.29, 0.717) is 32.2 Å². The summed E-state index contributed by atoms with van der Waals surface area (Å²) in [5.41, 5.74) is 8.16. The van der Waals surface area contributed by atoms with Crippen LogP contribution in [-0.2, 0) is 62.1 Å². The van der Waals surface area contributed by atoms with E-state index >= 15 is 0 Å². The number of benzene rings is 1. The number of carbonyl (C=O) groups is 11. The molecule has 0 saturated heterocycles. The molecule has 1 aromatic rings. The minimum atomic E-state index is -1.37. The smallest absolute Gasteiger partial charge is 0.305 e. The molecule has 0 aliphatic rings. The lowest BCUT2D eigenvalue weighted by atomic mass is 9.88. The molecule has 1 rings (SSSR count). The second-order valence-electron chi connectivity index (χ2n) is 17.0. The Morgan fingerprint density at radius 3 is 1.58 bits per heavy atom. The monoisotopic (exact) mass is 1080 g/mol. The number of ether oxygens (including phenoxy) is 5. The van der Waals surface area contributed by atoms with Crippen molar-refractivity contribution in [2.24, 2.45) is 11.0 Å². The molecule has 0 bridgehead atoms. The van der Waals surface area contributed by atoms with Gasteiger partial charge in [0, 0.05) is 93.3 Å². The zero-order valence-electron chi connectivity index (χ0n) is 42.8. The number of amides is 4. The number of nitrogens with one attached hydrogen (secondary N) is 4. The van der Waals surface area contributed by atoms with E-state index < -0.39 is 77.5 Å². The maximum Gasteiger partial charge on any atom is 0.305 e. The van der Waals surface area contributed by atoms with Gasteiger partial charge in [0.1, 0.15) is 23.4 Å². The highest BCUT2D eigenvalue weighted by atomic mass is 16.5. The highest BCUT2D eigenvalue weighted by Crippen LogP contribution is 2.24. The Morgan fingerprint density at radius 1 is 0.526 bits per heavy atom. The predicted octanol–water partition coefficient (Wildman–Crippen LogP) is 2.80. The Morgan fingerprint density at radius 2 is 1.03 bits per heavy atom. The summed E-state index contributed by atoms with van der Waals surface area (Å²) in [7, 11) is 0. The van der Waals surface area contributed by atoms with Gasteiger partial charge in [0.25, 0.3) is 5.91 Å². The summed E-state index contributed by atoms with van der Waals surface area (Å²) in [5.74, 6) is -9.01. The fourth-order valence-corrected chi connectivity index (χ4v) is 6.77. The van der Waals surface area contributed by atoms with E-state index in [2.05, 4.69) is 31.3 Å². The zero-order chi connectivity index (χ0) is 56.4. The fourth-order valence-electron chi connectivity index (χ4n) is 6.77. The van der Waals surface area contributed by atoms with E-state index in [1.54, 1.807) is 0 Å². The Hall–Kier alpha value is -7.06. The Bertz CT molecular complexity index is 1970. The van der Waals surface area contributed by atoms with Crippen LogP contribution in [0.15, 0.2) is 23.3 Å². The molecule has 8 N–H and O–H groups in total. The number of Topliss-reactive ketones (excluding diaryl/α,β-unsaturated/α-hetero) is 3. The van der Waals surface area contributed by atoms with Crippen LogP contribution in [0.5, 0.6) is 5.75 Å². The van der Waals surface area contributed by atoms with Crippen molar-refractivity contribution in [2.45, 2.75) is 115 Å². The van der Waals surface area contributed by atoms with Gasteiger partial charge in [-0.2, -0.15) is 0 Å². The molecule has 0 radical (unpaired) electrons. The Kier molecular flexibility index (Phi) is 37.2. The molecular formula is C49H73N7O20. The summed E-state index contributed by atoms with van der Waals surface area (Å²) in [4.78, 5) is 140. The van der Waals surface area contributed by atoms with Gasteiger partial charge >= 0.3 is 23.9 Å². The van der Waals surface area contributed by atoms with Gasteiger partial charge in [-0.1, -0.05) is 11.5 Å². The average molecular weight is 1080 g/mol. The average Bonchev–Trinajstić information content (AvgIpc) is 3.37. The Labute approximate surface area is 439 Å². The summed E-state index contributed by atoms with van der Waals surface area (Å²) < 4.78 is 26.9. The summed E-state index contributed by atoms with van der Waals surface area (Å²) in [6.07, 6.45) is 0.451. The maximum absolute atomic E-state index is 14.2. The second-order valence-corrected chi connectivity index (χ2v) is 17.0. The van der Waals surface area contributed by atoms with Crippen LogP contribution >= 0.6 is 0 Å². The second kappa shape index (κ2) is 42.2. The predicted molar refractivity (Wildman–Crippen MR) is 266 cm³/mol. The lowest BCUT2D eigenvalue weighted by Crippen LogP contribution is -2.48. The molecule has 2 unspecified atom stereocenters. The van der Waals surface area contributed by atoms with Crippen LogP contribution in [0.3, 0.4) is 0 Å². The number of nitrogens with zero attached hydrogens (tertiary/aromatic N) is 3. The van der Waals surface area contributed by atoms with Crippen molar-refractivity contribution in [3.63, 3.8) is 0 Å². The molecule has 0 saturated carbocycles. The highest BCUT2D eigenvalue weighted by Gasteiger charge is 2.27. The van der Waals surface area contributed by atoms with Crippen molar-refractivity contribution in [2.75, 3.05) is 85.6 Å². The molecule has 0 heterocycles. The molecule has 2 atom stereocenters. The van der Waals surface area contributed by atoms with Crippen LogP contribution < -0.4 is 26.0 Å². The first kappa shape index (κ1) is 67.0. The molecule has 1 aromatic carbocycles. The van der Waals surface area contributed by atoms with E-state index in [1.807, 2.05) is 0 Å². The number of unbranched alkanes of at least 4 members (excludes halogenated alkanes) is 2. The van der Waals surface area contributed by atoms with Gasteiger partial charge < -0.3 is 65.4 Å². The largest absolute Gasteiger partial charge is 0.494 e. The van der Waals surface area contributed by atoms with Gasteiger partial charge in [-0.3, -0.25) is 52.7 Å². The number of rotatable bonds is 49. The van der Waals surface area contributed by atoms with Crippen molar-refractivity contribution >= 4 is 64.9 Å². The first-order chi connectivity index (χ1) is 36.4. The summed E-state index contributed by atoms with van der Waals surface area (Å²) >= 11 is 0. The number of azide groups is 1. The van der Waals surface area contributed by atoms with Gasteiger partial charge in [-0.25, -0.2) is 0 Å². The van der Waals surface area contributed by atoms with Crippen LogP contribution in [0, 0.1) is 5.92 Å². The SMILES string of the molecule is [N-]=[N+]=NCCCCCC(=O)CCCOc1cc(C(=O)CC(CCC(=O)NCCOCCC(=O)O)C(=O)CCCOCCC(=O)O)cc(C(=O)NC(CCC(=O)NCCOCCC(=O)O)C(=O)NCCOCCC(=O)O)c1. The number of aliphatic carboxylic acids is 4. The van der Waals surface area contributed by atoms with Crippen molar-refractivity contribution in [1.82, 2.24) is 21.3 Å². The number of carboxylic acids is 4. The topological polar surface area (TPSA) is 412 Å². The zero-order valence-corrected chi connectivity index (χ0v) is 42.8. The standard InChI is InChI=1S/C49H73N7O20/c50-56-54-17-3-1-2-6-37(57)7-4-22-76-38-31-35(41(59)33-34(40(58)8-5-21-72-23-13-44(62)63)9-11-42(60)51-18-27-73-24-14-45(64)65)30-36(32-38)48(70)55-39(49(71)53-20-29-75-26-16-47(68)69)10-12-43(61)52-19-28-74-25-15-46(66)67/h30-32,34,39H,1-29,33H2,(H,51,60)(H,52,61)(H,53,71)(H,55,70)(H,62,63)(H,64,65)(H,66,67)(H,68,69). The molecule has 424 valence electrons. The Balaban J connectivity index is 3.43. The molecule has 0 aliphatic heterocycles. The summed E-state index contributed by atoms with van der Waals surface area (Å²) in [6, 6.07) is 2.48. The van der Waals surface area contributed by atoms with E-state index in [0.717, 1.165) is 0 Å². The quantitative estimate of drug-likeness (QED) is 0.0153. The number of carbonyl (C=O) groups excluding carboxylic acids is 7. The normalized spacial score (nSPS) is 11.5. The van der Waals surface area contributed by atoms with Gasteiger partial charge in [-0.05, 0) is 62.3 Å². The van der Waals surface area contributed by atoms with Gasteiger partial charge in [-0.15, -0.1) is 0 Å². The molecule has 0 aliphatic carbocycles. The maximum atomic E-state index is 14.2. The summed E-state index contributed by atoms with van der Waals surface area (Å²) in [5, 5.41) is 49.2. The van der Waals surface area contributed by atoms with Gasteiger partial charge in [0.15, 0.2) is 5.78 Å². The van der Waals surface area contributed by atoms with Gasteiger partial charge in [0.2, 0.25) is 17.7 Å². The third-order valence-corrected chi connectivity index (χ3v) is 10.8. The molecule has 0 aromatic heterocycles. The van der Waals surface area contributed by atoms with Crippen molar-refractivity contribution in [3.05, 3.63) is 39.8 Å². The number of hydrogen-bond donors (Lipinski definition) is 8. The lowest BCUT2D eigenvalue weighted by Gasteiger charge is -2.20. The van der Waals surface area contributed by atoms with E-state index in [-0.39, 0.29) is 179 Å². The van der Waals surface area contributed by atoms with Crippen molar-refractivity contribution in [1.29, 1.82) is 0 Å². The van der Waals surface area contributed by atoms with E-state index in [1.165, 1.54) is 18.2 Å². The first-order valence-corrected chi connectivity index (χ1v) is 25.1. The van der Waals surface area contributed by atoms with E-state index in [9.17, 15) is 52.7 Å².